The number of nitriles is 1. The molecule has 0 atom stereocenters. The fourth-order valence-electron chi connectivity index (χ4n) is 0.795. The second-order valence-electron chi connectivity index (χ2n) is 2.24. The number of halogens is 1. The van der Waals surface area contributed by atoms with Gasteiger partial charge in [-0.05, 0) is 29.8 Å². The number of rotatable bonds is 1. The highest BCUT2D eigenvalue weighted by atomic mass is 19.1. The van der Waals surface area contributed by atoms with Gasteiger partial charge < -0.3 is 5.73 Å². The van der Waals surface area contributed by atoms with Gasteiger partial charge in [0.25, 0.3) is 0 Å². The van der Waals surface area contributed by atoms with Gasteiger partial charge in [-0.25, -0.2) is 4.39 Å². The van der Waals surface area contributed by atoms with E-state index in [0.29, 0.717) is 11.3 Å². The molecule has 1 aromatic carbocycles. The minimum absolute atomic E-state index is 0.316. The van der Waals surface area contributed by atoms with Crippen LogP contribution >= 0.6 is 0 Å². The van der Waals surface area contributed by atoms with E-state index >= 15 is 0 Å². The molecule has 3 heteroatoms. The Balaban J connectivity index is 2.99. The van der Waals surface area contributed by atoms with Gasteiger partial charge in [-0.1, -0.05) is 0 Å². The van der Waals surface area contributed by atoms with Crippen LogP contribution in [0.5, 0.6) is 0 Å². The van der Waals surface area contributed by atoms with Gasteiger partial charge in [0.1, 0.15) is 5.82 Å². The van der Waals surface area contributed by atoms with Gasteiger partial charge in [-0.15, -0.1) is 0 Å². The molecule has 0 aliphatic carbocycles. The van der Waals surface area contributed by atoms with Crippen molar-refractivity contribution in [3.8, 4) is 6.07 Å². The first-order valence-electron chi connectivity index (χ1n) is 3.35. The largest absolute Gasteiger partial charge is 0.398 e. The summed E-state index contributed by atoms with van der Waals surface area (Å²) >= 11 is 0. The van der Waals surface area contributed by atoms with Gasteiger partial charge in [-0.2, -0.15) is 5.26 Å². The number of allylic oxidation sites excluding steroid dienone is 1. The quantitative estimate of drug-likeness (QED) is 0.638. The molecular weight excluding hydrogens is 155 g/mol. The minimum Gasteiger partial charge on any atom is -0.398 e. The molecule has 0 aliphatic rings. The summed E-state index contributed by atoms with van der Waals surface area (Å²) in [5, 5.41) is 8.27. The SMILES string of the molecule is N#C/C=C(\N)c1ccc(F)cc1. The third-order valence-corrected chi connectivity index (χ3v) is 1.40. The predicted molar refractivity (Wildman–Crippen MR) is 44.2 cm³/mol. The van der Waals surface area contributed by atoms with E-state index in [1.165, 1.54) is 30.3 Å². The Morgan fingerprint density at radius 1 is 1.42 bits per heavy atom. The van der Waals surface area contributed by atoms with Gasteiger partial charge in [0.2, 0.25) is 0 Å². The third-order valence-electron chi connectivity index (χ3n) is 1.40. The van der Waals surface area contributed by atoms with E-state index in [1.54, 1.807) is 6.07 Å². The van der Waals surface area contributed by atoms with E-state index in [-0.39, 0.29) is 5.82 Å². The van der Waals surface area contributed by atoms with Crippen molar-refractivity contribution in [3.63, 3.8) is 0 Å². The Hall–Kier alpha value is -1.82. The molecule has 0 heterocycles. The zero-order chi connectivity index (χ0) is 8.97. The summed E-state index contributed by atoms with van der Waals surface area (Å²) in [4.78, 5) is 0. The molecule has 0 aromatic heterocycles. The zero-order valence-electron chi connectivity index (χ0n) is 6.29. The highest BCUT2D eigenvalue weighted by molar-refractivity contribution is 5.64. The van der Waals surface area contributed by atoms with Crippen LogP contribution in [0.25, 0.3) is 5.70 Å². The molecule has 0 bridgehead atoms. The molecule has 0 fully saturated rings. The van der Waals surface area contributed by atoms with Crippen LogP contribution in [-0.4, -0.2) is 0 Å². The zero-order valence-corrected chi connectivity index (χ0v) is 6.29. The average molecular weight is 162 g/mol. The molecule has 0 spiro atoms. The molecule has 12 heavy (non-hydrogen) atoms. The fourth-order valence-corrected chi connectivity index (χ4v) is 0.795. The van der Waals surface area contributed by atoms with E-state index in [2.05, 4.69) is 0 Å². The van der Waals surface area contributed by atoms with Crippen molar-refractivity contribution in [2.75, 3.05) is 0 Å². The van der Waals surface area contributed by atoms with Gasteiger partial charge in [0.05, 0.1) is 6.07 Å². The number of nitrogens with zero attached hydrogens (tertiary/aromatic N) is 1. The number of benzene rings is 1. The van der Waals surface area contributed by atoms with Gasteiger partial charge in [0.15, 0.2) is 0 Å². The van der Waals surface area contributed by atoms with Crippen LogP contribution in [-0.2, 0) is 0 Å². The van der Waals surface area contributed by atoms with Crippen molar-refractivity contribution in [3.05, 3.63) is 41.7 Å². The Morgan fingerprint density at radius 3 is 2.50 bits per heavy atom. The lowest BCUT2D eigenvalue weighted by molar-refractivity contribution is 0.627. The van der Waals surface area contributed by atoms with Crippen LogP contribution in [0.4, 0.5) is 4.39 Å². The smallest absolute Gasteiger partial charge is 0.123 e. The van der Waals surface area contributed by atoms with Gasteiger partial charge in [-0.3, -0.25) is 0 Å². The summed E-state index contributed by atoms with van der Waals surface area (Å²) in [5.41, 5.74) is 6.47. The van der Waals surface area contributed by atoms with Crippen LogP contribution in [0.3, 0.4) is 0 Å². The minimum atomic E-state index is -0.316. The van der Waals surface area contributed by atoms with Crippen molar-refractivity contribution in [2.45, 2.75) is 0 Å². The van der Waals surface area contributed by atoms with Gasteiger partial charge >= 0.3 is 0 Å². The highest BCUT2D eigenvalue weighted by Crippen LogP contribution is 2.08. The molecule has 0 amide bonds. The van der Waals surface area contributed by atoms with Crippen LogP contribution in [0.15, 0.2) is 30.3 Å². The van der Waals surface area contributed by atoms with Gasteiger partial charge in [0, 0.05) is 11.8 Å². The van der Waals surface area contributed by atoms with Crippen LogP contribution in [0.1, 0.15) is 5.56 Å². The van der Waals surface area contributed by atoms with Crippen LogP contribution in [0.2, 0.25) is 0 Å². The summed E-state index contributed by atoms with van der Waals surface area (Å²) in [7, 11) is 0. The maximum Gasteiger partial charge on any atom is 0.123 e. The lowest BCUT2D eigenvalue weighted by atomic mass is 10.1. The summed E-state index contributed by atoms with van der Waals surface area (Å²) in [6.07, 6.45) is 1.22. The Kier molecular flexibility index (Phi) is 2.44. The summed E-state index contributed by atoms with van der Waals surface area (Å²) < 4.78 is 12.4. The number of nitrogens with two attached hydrogens (primary N) is 1. The number of hydrogen-bond donors (Lipinski definition) is 1. The molecule has 0 aliphatic heterocycles. The van der Waals surface area contributed by atoms with E-state index in [4.69, 9.17) is 11.0 Å². The normalized spacial score (nSPS) is 10.8. The molecule has 0 saturated heterocycles. The van der Waals surface area contributed by atoms with E-state index < -0.39 is 0 Å². The first kappa shape index (κ1) is 8.28. The number of hydrogen-bond acceptors (Lipinski definition) is 2. The van der Waals surface area contributed by atoms with Crippen molar-refractivity contribution < 1.29 is 4.39 Å². The second-order valence-corrected chi connectivity index (χ2v) is 2.24. The highest BCUT2D eigenvalue weighted by Gasteiger charge is 1.95. The molecule has 60 valence electrons. The molecule has 1 rings (SSSR count). The topological polar surface area (TPSA) is 49.8 Å². The Bertz CT molecular complexity index is 333. The predicted octanol–water partition coefficient (Wildman–Crippen LogP) is 1.65. The summed E-state index contributed by atoms with van der Waals surface area (Å²) in [6, 6.07) is 7.45. The van der Waals surface area contributed by atoms with Crippen molar-refractivity contribution >= 4 is 5.70 Å². The second kappa shape index (κ2) is 3.54. The molecular formula is C9H7FN2. The maximum absolute atomic E-state index is 12.4. The van der Waals surface area contributed by atoms with Crippen LogP contribution in [0, 0.1) is 17.1 Å². The van der Waals surface area contributed by atoms with E-state index in [9.17, 15) is 4.39 Å². The average Bonchev–Trinajstić information content (AvgIpc) is 2.06. The molecule has 0 unspecified atom stereocenters. The first-order valence-corrected chi connectivity index (χ1v) is 3.35. The Morgan fingerprint density at radius 2 is 2.00 bits per heavy atom. The van der Waals surface area contributed by atoms with Crippen LogP contribution < -0.4 is 5.73 Å². The third kappa shape index (κ3) is 1.83. The summed E-state index contributed by atoms with van der Waals surface area (Å²) in [5.74, 6) is -0.316. The maximum atomic E-state index is 12.4. The standard InChI is InChI=1S/C9H7FN2/c10-8-3-1-7(2-4-8)9(12)5-6-11/h1-5H,12H2/b9-5-. The molecule has 0 saturated carbocycles. The molecule has 0 radical (unpaired) electrons. The van der Waals surface area contributed by atoms with E-state index in [0.717, 1.165) is 0 Å². The Labute approximate surface area is 69.7 Å². The lowest BCUT2D eigenvalue weighted by Gasteiger charge is -1.97. The van der Waals surface area contributed by atoms with E-state index in [1.807, 2.05) is 0 Å². The summed E-state index contributed by atoms with van der Waals surface area (Å²) in [6.45, 7) is 0. The van der Waals surface area contributed by atoms with Crippen molar-refractivity contribution in [1.82, 2.24) is 0 Å². The molecule has 2 nitrogen and oxygen atoms in total. The first-order chi connectivity index (χ1) is 5.74. The molecule has 1 aromatic rings. The fraction of sp³-hybridized carbons (Fsp3) is 0. The molecule has 2 N–H and O–H groups in total. The monoisotopic (exact) mass is 162 g/mol. The van der Waals surface area contributed by atoms with Crippen molar-refractivity contribution in [2.24, 2.45) is 5.73 Å². The lowest BCUT2D eigenvalue weighted by Crippen LogP contribution is -1.95. The van der Waals surface area contributed by atoms with Crippen molar-refractivity contribution in [1.29, 1.82) is 5.26 Å².